The Hall–Kier alpha value is -2.92. The molecule has 1 amide bonds. The standard InChI is InChI=1S/C21H18FNO3/c22-16-7-8-17-18(11-16)23-21(25)20(17)19-10-15(12-26-19)14-5-3-13(4-6-14)2-1-9-24/h3-8,10-11,24H,1-2,9,12H2,(H,23,25)/b20-19+. The monoisotopic (exact) mass is 351 g/mol. The predicted octanol–water partition coefficient (Wildman–Crippen LogP) is 3.53. The summed E-state index contributed by atoms with van der Waals surface area (Å²) in [6.45, 7) is 0.573. The van der Waals surface area contributed by atoms with E-state index < -0.39 is 0 Å². The van der Waals surface area contributed by atoms with Crippen molar-refractivity contribution in [2.45, 2.75) is 12.8 Å². The minimum Gasteiger partial charge on any atom is -0.488 e. The number of ether oxygens (including phenoxy) is 1. The lowest BCUT2D eigenvalue weighted by molar-refractivity contribution is -0.110. The molecular weight excluding hydrogens is 333 g/mol. The number of rotatable bonds is 4. The molecule has 2 aromatic rings. The molecule has 0 saturated carbocycles. The van der Waals surface area contributed by atoms with Crippen LogP contribution in [0.2, 0.25) is 0 Å². The zero-order chi connectivity index (χ0) is 18.1. The number of carbonyl (C=O) groups is 1. The van der Waals surface area contributed by atoms with Gasteiger partial charge in [0.05, 0.1) is 11.3 Å². The first-order valence-electron chi connectivity index (χ1n) is 8.55. The molecule has 0 unspecified atom stereocenters. The van der Waals surface area contributed by atoms with Gasteiger partial charge >= 0.3 is 0 Å². The highest BCUT2D eigenvalue weighted by molar-refractivity contribution is 6.32. The molecule has 0 bridgehead atoms. The van der Waals surface area contributed by atoms with E-state index in [-0.39, 0.29) is 18.3 Å². The van der Waals surface area contributed by atoms with E-state index in [1.807, 2.05) is 30.3 Å². The van der Waals surface area contributed by atoms with E-state index in [0.29, 0.717) is 29.2 Å². The van der Waals surface area contributed by atoms with Crippen LogP contribution in [0.25, 0.3) is 11.1 Å². The lowest BCUT2D eigenvalue weighted by Gasteiger charge is -2.04. The van der Waals surface area contributed by atoms with Crippen molar-refractivity contribution in [3.63, 3.8) is 0 Å². The SMILES string of the molecule is O=C1Nc2cc(F)ccc2/C1=C1/C=C(c2ccc(CCCO)cc2)CO1. The highest BCUT2D eigenvalue weighted by atomic mass is 19.1. The van der Waals surface area contributed by atoms with Crippen LogP contribution >= 0.6 is 0 Å². The first-order valence-corrected chi connectivity index (χ1v) is 8.55. The summed E-state index contributed by atoms with van der Waals surface area (Å²) in [5.41, 5.74) is 4.76. The number of hydrogen-bond donors (Lipinski definition) is 2. The molecule has 0 aromatic heterocycles. The van der Waals surface area contributed by atoms with Crippen molar-refractivity contribution in [2.24, 2.45) is 0 Å². The molecule has 26 heavy (non-hydrogen) atoms. The summed E-state index contributed by atoms with van der Waals surface area (Å²) in [6, 6.07) is 12.4. The number of amides is 1. The van der Waals surface area contributed by atoms with Crippen LogP contribution in [0.3, 0.4) is 0 Å². The largest absolute Gasteiger partial charge is 0.488 e. The van der Waals surface area contributed by atoms with Gasteiger partial charge in [-0.3, -0.25) is 4.79 Å². The summed E-state index contributed by atoms with van der Waals surface area (Å²) in [4.78, 5) is 12.3. The molecule has 0 radical (unpaired) electrons. The number of aryl methyl sites for hydroxylation is 1. The van der Waals surface area contributed by atoms with Gasteiger partial charge in [0.1, 0.15) is 18.2 Å². The number of carbonyl (C=O) groups excluding carboxylic acids is 1. The van der Waals surface area contributed by atoms with Gasteiger partial charge in [0.2, 0.25) is 0 Å². The van der Waals surface area contributed by atoms with Crippen LogP contribution in [-0.4, -0.2) is 24.2 Å². The molecule has 2 N–H and O–H groups in total. The van der Waals surface area contributed by atoms with Crippen LogP contribution in [0.1, 0.15) is 23.1 Å². The third-order valence-electron chi connectivity index (χ3n) is 4.61. The number of fused-ring (bicyclic) bond motifs is 1. The minimum atomic E-state index is -0.389. The van der Waals surface area contributed by atoms with Crippen molar-refractivity contribution in [2.75, 3.05) is 18.5 Å². The van der Waals surface area contributed by atoms with Crippen LogP contribution in [0, 0.1) is 5.82 Å². The molecule has 4 rings (SSSR count). The van der Waals surface area contributed by atoms with Gasteiger partial charge in [0.25, 0.3) is 5.91 Å². The van der Waals surface area contributed by atoms with Crippen LogP contribution in [0.5, 0.6) is 0 Å². The molecule has 0 saturated heterocycles. The molecule has 132 valence electrons. The molecule has 0 fully saturated rings. The molecule has 0 aliphatic carbocycles. The zero-order valence-corrected chi connectivity index (χ0v) is 14.1. The fraction of sp³-hybridized carbons (Fsp3) is 0.190. The van der Waals surface area contributed by atoms with Crippen molar-refractivity contribution in [3.05, 3.63) is 76.8 Å². The number of halogens is 1. The Kier molecular flexibility index (Phi) is 4.31. The fourth-order valence-corrected chi connectivity index (χ4v) is 3.27. The molecule has 0 spiro atoms. The van der Waals surface area contributed by atoms with Gasteiger partial charge in [-0.25, -0.2) is 4.39 Å². The van der Waals surface area contributed by atoms with Crippen LogP contribution in [-0.2, 0) is 16.0 Å². The number of aliphatic hydroxyl groups is 1. The van der Waals surface area contributed by atoms with Gasteiger partial charge in [-0.2, -0.15) is 0 Å². The molecule has 2 aliphatic heterocycles. The van der Waals surface area contributed by atoms with E-state index in [1.54, 1.807) is 6.07 Å². The van der Waals surface area contributed by atoms with E-state index in [4.69, 9.17) is 9.84 Å². The van der Waals surface area contributed by atoms with Crippen LogP contribution in [0.15, 0.2) is 54.3 Å². The highest BCUT2D eigenvalue weighted by Crippen LogP contribution is 2.38. The maximum absolute atomic E-state index is 13.4. The molecule has 2 heterocycles. The molecule has 2 aromatic carbocycles. The van der Waals surface area contributed by atoms with Crippen LogP contribution < -0.4 is 5.32 Å². The Morgan fingerprint density at radius 3 is 2.73 bits per heavy atom. The lowest BCUT2D eigenvalue weighted by atomic mass is 10.0. The Labute approximate surface area is 150 Å². The molecular formula is C21H18FNO3. The number of benzene rings is 2. The zero-order valence-electron chi connectivity index (χ0n) is 14.1. The van der Waals surface area contributed by atoms with E-state index >= 15 is 0 Å². The van der Waals surface area contributed by atoms with Crippen molar-refractivity contribution < 1.29 is 19.0 Å². The van der Waals surface area contributed by atoms with E-state index in [9.17, 15) is 9.18 Å². The third-order valence-corrected chi connectivity index (χ3v) is 4.61. The minimum absolute atomic E-state index is 0.186. The van der Waals surface area contributed by atoms with Crippen LogP contribution in [0.4, 0.5) is 10.1 Å². The normalized spacial score (nSPS) is 18.4. The second kappa shape index (κ2) is 6.77. The maximum atomic E-state index is 13.4. The van der Waals surface area contributed by atoms with Crippen molar-refractivity contribution in [1.29, 1.82) is 0 Å². The van der Waals surface area contributed by atoms with E-state index in [0.717, 1.165) is 24.0 Å². The Morgan fingerprint density at radius 2 is 1.96 bits per heavy atom. The Morgan fingerprint density at radius 1 is 1.15 bits per heavy atom. The molecule has 5 heteroatoms. The molecule has 0 atom stereocenters. The lowest BCUT2D eigenvalue weighted by Crippen LogP contribution is -2.05. The fourth-order valence-electron chi connectivity index (χ4n) is 3.27. The third kappa shape index (κ3) is 3.02. The topological polar surface area (TPSA) is 58.6 Å². The number of hydrogen-bond acceptors (Lipinski definition) is 3. The smallest absolute Gasteiger partial charge is 0.260 e. The number of nitrogens with one attached hydrogen (secondary N) is 1. The quantitative estimate of drug-likeness (QED) is 0.829. The first-order chi connectivity index (χ1) is 12.7. The summed E-state index contributed by atoms with van der Waals surface area (Å²) in [7, 11) is 0. The summed E-state index contributed by atoms with van der Waals surface area (Å²) in [5, 5.41) is 11.6. The molecule has 4 nitrogen and oxygen atoms in total. The Bertz CT molecular complexity index is 929. The average molecular weight is 351 g/mol. The van der Waals surface area contributed by atoms with Gasteiger partial charge in [0.15, 0.2) is 0 Å². The average Bonchev–Trinajstić information content (AvgIpc) is 3.23. The van der Waals surface area contributed by atoms with Crippen molar-refractivity contribution in [3.8, 4) is 0 Å². The van der Waals surface area contributed by atoms with Gasteiger partial charge in [-0.1, -0.05) is 24.3 Å². The predicted molar refractivity (Wildman–Crippen MR) is 97.7 cm³/mol. The summed E-state index contributed by atoms with van der Waals surface area (Å²) >= 11 is 0. The second-order valence-corrected chi connectivity index (χ2v) is 6.37. The number of anilines is 1. The summed E-state index contributed by atoms with van der Waals surface area (Å²) in [5.74, 6) is -0.162. The van der Waals surface area contributed by atoms with E-state index in [2.05, 4.69) is 5.32 Å². The van der Waals surface area contributed by atoms with E-state index in [1.165, 1.54) is 17.7 Å². The van der Waals surface area contributed by atoms with Gasteiger partial charge in [-0.15, -0.1) is 0 Å². The molecule has 2 aliphatic rings. The van der Waals surface area contributed by atoms with Crippen molar-refractivity contribution >= 4 is 22.7 Å². The van der Waals surface area contributed by atoms with Gasteiger partial charge < -0.3 is 15.2 Å². The maximum Gasteiger partial charge on any atom is 0.260 e. The summed E-state index contributed by atoms with van der Waals surface area (Å²) < 4.78 is 19.1. The highest BCUT2D eigenvalue weighted by Gasteiger charge is 2.30. The second-order valence-electron chi connectivity index (χ2n) is 6.37. The number of aliphatic hydroxyl groups excluding tert-OH is 1. The Balaban J connectivity index is 1.64. The van der Waals surface area contributed by atoms with Gasteiger partial charge in [0, 0.05) is 17.7 Å². The van der Waals surface area contributed by atoms with Crippen molar-refractivity contribution in [1.82, 2.24) is 0 Å². The first kappa shape index (κ1) is 16.5. The van der Waals surface area contributed by atoms with Gasteiger partial charge in [-0.05, 0) is 48.2 Å². The summed E-state index contributed by atoms with van der Waals surface area (Å²) in [6.07, 6.45) is 3.46. The number of allylic oxidation sites excluding steroid dienone is 1.